The van der Waals surface area contributed by atoms with Crippen LogP contribution in [0, 0.1) is 5.82 Å². The molecule has 0 unspecified atom stereocenters. The van der Waals surface area contributed by atoms with Gasteiger partial charge in [-0.25, -0.2) is 14.4 Å². The molecule has 1 heterocycles. The lowest BCUT2D eigenvalue weighted by molar-refractivity contribution is 0.627. The van der Waals surface area contributed by atoms with Crippen molar-refractivity contribution in [3.05, 3.63) is 83.9 Å². The molecule has 4 nitrogen and oxygen atoms in total. The highest BCUT2D eigenvalue weighted by Crippen LogP contribution is 2.11. The van der Waals surface area contributed by atoms with Crippen LogP contribution in [-0.2, 0) is 13.0 Å². The molecule has 0 spiro atoms. The molecule has 0 bridgehead atoms. The van der Waals surface area contributed by atoms with Gasteiger partial charge in [0.1, 0.15) is 23.8 Å². The van der Waals surface area contributed by atoms with Gasteiger partial charge in [-0.2, -0.15) is 0 Å². The van der Waals surface area contributed by atoms with Crippen molar-refractivity contribution in [2.75, 3.05) is 17.2 Å². The number of halogens is 1. The maximum atomic E-state index is 12.9. The van der Waals surface area contributed by atoms with Gasteiger partial charge in [-0.1, -0.05) is 42.5 Å². The largest absolute Gasteiger partial charge is 0.370 e. The molecule has 1 aromatic heterocycles. The predicted octanol–water partition coefficient (Wildman–Crippen LogP) is 3.88. The van der Waals surface area contributed by atoms with E-state index in [-0.39, 0.29) is 5.82 Å². The molecule has 0 amide bonds. The summed E-state index contributed by atoms with van der Waals surface area (Å²) in [6.07, 6.45) is 2.34. The summed E-state index contributed by atoms with van der Waals surface area (Å²) < 4.78 is 12.9. The zero-order chi connectivity index (χ0) is 16.6. The van der Waals surface area contributed by atoms with Crippen LogP contribution in [0.4, 0.5) is 16.0 Å². The van der Waals surface area contributed by atoms with Crippen molar-refractivity contribution in [1.29, 1.82) is 0 Å². The fraction of sp³-hybridized carbons (Fsp3) is 0.158. The van der Waals surface area contributed by atoms with E-state index >= 15 is 0 Å². The number of nitrogens with one attached hydrogen (secondary N) is 2. The van der Waals surface area contributed by atoms with Gasteiger partial charge in [0.05, 0.1) is 0 Å². The Morgan fingerprint density at radius 1 is 0.792 bits per heavy atom. The topological polar surface area (TPSA) is 49.8 Å². The van der Waals surface area contributed by atoms with E-state index in [2.05, 4.69) is 32.7 Å². The second-order valence-electron chi connectivity index (χ2n) is 5.43. The van der Waals surface area contributed by atoms with Crippen molar-refractivity contribution in [3.8, 4) is 0 Å². The molecule has 0 radical (unpaired) electrons. The second kappa shape index (κ2) is 8.06. The molecular formula is C19H19FN4. The standard InChI is InChI=1S/C19H19FN4/c20-17-8-6-15(7-9-17)10-11-21-18-12-19(24-14-23-18)22-13-16-4-2-1-3-5-16/h1-9,12,14H,10-11,13H2,(H2,21,22,23,24). The third-order valence-corrected chi connectivity index (χ3v) is 3.62. The van der Waals surface area contributed by atoms with Gasteiger partial charge in [0.25, 0.3) is 0 Å². The van der Waals surface area contributed by atoms with E-state index in [1.54, 1.807) is 12.1 Å². The molecular weight excluding hydrogens is 303 g/mol. The number of anilines is 2. The highest BCUT2D eigenvalue weighted by Gasteiger charge is 2.00. The van der Waals surface area contributed by atoms with Crippen LogP contribution < -0.4 is 10.6 Å². The van der Waals surface area contributed by atoms with E-state index in [1.807, 2.05) is 24.3 Å². The molecule has 0 saturated carbocycles. The molecule has 0 fully saturated rings. The molecule has 24 heavy (non-hydrogen) atoms. The highest BCUT2D eigenvalue weighted by molar-refractivity contribution is 5.46. The minimum absolute atomic E-state index is 0.211. The molecule has 2 aromatic carbocycles. The van der Waals surface area contributed by atoms with Crippen LogP contribution in [-0.4, -0.2) is 16.5 Å². The Morgan fingerprint density at radius 2 is 1.50 bits per heavy atom. The first kappa shape index (κ1) is 15.9. The van der Waals surface area contributed by atoms with Crippen molar-refractivity contribution in [2.24, 2.45) is 0 Å². The smallest absolute Gasteiger partial charge is 0.131 e. The average molecular weight is 322 g/mol. The maximum Gasteiger partial charge on any atom is 0.131 e. The number of hydrogen-bond acceptors (Lipinski definition) is 4. The fourth-order valence-corrected chi connectivity index (χ4v) is 2.33. The quantitative estimate of drug-likeness (QED) is 0.693. The number of benzene rings is 2. The van der Waals surface area contributed by atoms with Crippen molar-refractivity contribution in [2.45, 2.75) is 13.0 Å². The summed E-state index contributed by atoms with van der Waals surface area (Å²) in [5, 5.41) is 6.54. The molecule has 0 atom stereocenters. The molecule has 0 aliphatic rings. The zero-order valence-corrected chi connectivity index (χ0v) is 13.2. The fourth-order valence-electron chi connectivity index (χ4n) is 2.33. The third-order valence-electron chi connectivity index (χ3n) is 3.62. The minimum Gasteiger partial charge on any atom is -0.370 e. The van der Waals surface area contributed by atoms with E-state index in [9.17, 15) is 4.39 Å². The van der Waals surface area contributed by atoms with E-state index in [4.69, 9.17) is 0 Å². The van der Waals surface area contributed by atoms with Gasteiger partial charge in [0.15, 0.2) is 0 Å². The average Bonchev–Trinajstić information content (AvgIpc) is 2.63. The van der Waals surface area contributed by atoms with E-state index in [1.165, 1.54) is 24.0 Å². The van der Waals surface area contributed by atoms with Crippen molar-refractivity contribution in [3.63, 3.8) is 0 Å². The Hall–Kier alpha value is -2.95. The maximum absolute atomic E-state index is 12.9. The van der Waals surface area contributed by atoms with Crippen LogP contribution in [0.5, 0.6) is 0 Å². The normalized spacial score (nSPS) is 10.4. The Labute approximate surface area is 140 Å². The van der Waals surface area contributed by atoms with Crippen molar-refractivity contribution >= 4 is 11.6 Å². The molecule has 0 saturated heterocycles. The number of hydrogen-bond donors (Lipinski definition) is 2. The van der Waals surface area contributed by atoms with Crippen LogP contribution in [0.1, 0.15) is 11.1 Å². The summed E-state index contributed by atoms with van der Waals surface area (Å²) in [6.45, 7) is 1.44. The van der Waals surface area contributed by atoms with Crippen molar-refractivity contribution < 1.29 is 4.39 Å². The summed E-state index contributed by atoms with van der Waals surface area (Å²) >= 11 is 0. The van der Waals surface area contributed by atoms with E-state index in [0.29, 0.717) is 6.54 Å². The van der Waals surface area contributed by atoms with E-state index < -0.39 is 0 Å². The molecule has 122 valence electrons. The Bertz CT molecular complexity index is 760. The lowest BCUT2D eigenvalue weighted by Crippen LogP contribution is -2.08. The molecule has 5 heteroatoms. The van der Waals surface area contributed by atoms with Gasteiger partial charge in [-0.05, 0) is 29.7 Å². The zero-order valence-electron chi connectivity index (χ0n) is 13.2. The van der Waals surface area contributed by atoms with Crippen LogP contribution >= 0.6 is 0 Å². The molecule has 0 aliphatic heterocycles. The lowest BCUT2D eigenvalue weighted by atomic mass is 10.1. The Morgan fingerprint density at radius 3 is 2.25 bits per heavy atom. The van der Waals surface area contributed by atoms with Gasteiger partial charge >= 0.3 is 0 Å². The highest BCUT2D eigenvalue weighted by atomic mass is 19.1. The summed E-state index contributed by atoms with van der Waals surface area (Å²) in [7, 11) is 0. The summed E-state index contributed by atoms with van der Waals surface area (Å²) in [5.74, 6) is 1.33. The number of nitrogens with zero attached hydrogens (tertiary/aromatic N) is 2. The van der Waals surface area contributed by atoms with Gasteiger partial charge in [-0.3, -0.25) is 0 Å². The van der Waals surface area contributed by atoms with Crippen LogP contribution in [0.2, 0.25) is 0 Å². The molecule has 3 rings (SSSR count). The van der Waals surface area contributed by atoms with E-state index in [0.717, 1.165) is 30.2 Å². The van der Waals surface area contributed by atoms with Crippen LogP contribution in [0.3, 0.4) is 0 Å². The molecule has 0 aliphatic carbocycles. The van der Waals surface area contributed by atoms with Crippen molar-refractivity contribution in [1.82, 2.24) is 9.97 Å². The van der Waals surface area contributed by atoms with Gasteiger partial charge in [0.2, 0.25) is 0 Å². The van der Waals surface area contributed by atoms with Gasteiger partial charge < -0.3 is 10.6 Å². The minimum atomic E-state index is -0.211. The Balaban J connectivity index is 1.50. The summed E-state index contributed by atoms with van der Waals surface area (Å²) in [6, 6.07) is 18.6. The predicted molar refractivity (Wildman–Crippen MR) is 94.4 cm³/mol. The summed E-state index contributed by atoms with van der Waals surface area (Å²) in [4.78, 5) is 8.44. The SMILES string of the molecule is Fc1ccc(CCNc2cc(NCc3ccccc3)ncn2)cc1. The van der Waals surface area contributed by atoms with Gasteiger partial charge in [-0.15, -0.1) is 0 Å². The molecule has 2 N–H and O–H groups in total. The second-order valence-corrected chi connectivity index (χ2v) is 5.43. The number of rotatable bonds is 7. The lowest BCUT2D eigenvalue weighted by Gasteiger charge is -2.09. The summed E-state index contributed by atoms with van der Waals surface area (Å²) in [5.41, 5.74) is 2.28. The Kier molecular flexibility index (Phi) is 5.35. The number of aromatic nitrogens is 2. The first-order valence-electron chi connectivity index (χ1n) is 7.88. The monoisotopic (exact) mass is 322 g/mol. The molecule has 3 aromatic rings. The van der Waals surface area contributed by atoms with Crippen LogP contribution in [0.25, 0.3) is 0 Å². The van der Waals surface area contributed by atoms with Gasteiger partial charge in [0, 0.05) is 19.2 Å². The first-order chi connectivity index (χ1) is 11.8. The third kappa shape index (κ3) is 4.78. The van der Waals surface area contributed by atoms with Crippen LogP contribution in [0.15, 0.2) is 67.0 Å². The first-order valence-corrected chi connectivity index (χ1v) is 7.88.